The smallest absolute Gasteiger partial charge is 0.100 e. The molecular weight excluding hydrogens is 184 g/mol. The quantitative estimate of drug-likeness (QED) is 0.673. The fourth-order valence-corrected chi connectivity index (χ4v) is 1.89. The Morgan fingerprint density at radius 3 is 1.53 bits per heavy atom. The van der Waals surface area contributed by atoms with Crippen molar-refractivity contribution in [3.63, 3.8) is 0 Å². The molecule has 88 valence electrons. The summed E-state index contributed by atoms with van der Waals surface area (Å²) in [5, 5.41) is 9.20. The van der Waals surface area contributed by atoms with Gasteiger partial charge in [0.15, 0.2) is 0 Å². The number of nitriles is 1. The SMILES string of the molecule is CC(C)CN(CC(C)C)C(C#N)C(C)C. The molecule has 15 heavy (non-hydrogen) atoms. The first kappa shape index (κ1) is 14.5. The Morgan fingerprint density at radius 1 is 0.933 bits per heavy atom. The largest absolute Gasteiger partial charge is 0.287 e. The Balaban J connectivity index is 4.52. The summed E-state index contributed by atoms with van der Waals surface area (Å²) in [4.78, 5) is 2.33. The number of nitrogens with zero attached hydrogens (tertiary/aromatic N) is 2. The zero-order valence-electron chi connectivity index (χ0n) is 11.1. The summed E-state index contributed by atoms with van der Waals surface area (Å²) >= 11 is 0. The lowest BCUT2D eigenvalue weighted by atomic mass is 10.0. The van der Waals surface area contributed by atoms with E-state index in [1.807, 2.05) is 0 Å². The first-order chi connectivity index (χ1) is 6.88. The molecule has 0 saturated heterocycles. The normalized spacial score (nSPS) is 13.9. The molecule has 0 aliphatic carbocycles. The molecule has 0 bridgehead atoms. The fraction of sp³-hybridized carbons (Fsp3) is 0.923. The third kappa shape index (κ3) is 5.79. The predicted molar refractivity (Wildman–Crippen MR) is 65.5 cm³/mol. The third-order valence-electron chi connectivity index (χ3n) is 2.36. The molecule has 0 aliphatic heterocycles. The minimum Gasteiger partial charge on any atom is -0.287 e. The highest BCUT2D eigenvalue weighted by Crippen LogP contribution is 2.14. The van der Waals surface area contributed by atoms with Crippen LogP contribution in [-0.4, -0.2) is 24.0 Å². The van der Waals surface area contributed by atoms with Gasteiger partial charge >= 0.3 is 0 Å². The fourth-order valence-electron chi connectivity index (χ4n) is 1.89. The van der Waals surface area contributed by atoms with E-state index in [9.17, 15) is 5.26 Å². The molecule has 0 N–H and O–H groups in total. The molecule has 0 aromatic rings. The summed E-state index contributed by atoms with van der Waals surface area (Å²) in [5.74, 6) is 1.66. The number of rotatable bonds is 6. The topological polar surface area (TPSA) is 27.0 Å². The first-order valence-corrected chi connectivity index (χ1v) is 6.02. The van der Waals surface area contributed by atoms with Crippen LogP contribution in [-0.2, 0) is 0 Å². The Morgan fingerprint density at radius 2 is 1.33 bits per heavy atom. The Labute approximate surface area is 95.3 Å². The van der Waals surface area contributed by atoms with Gasteiger partial charge in [0, 0.05) is 13.1 Å². The maximum absolute atomic E-state index is 9.20. The van der Waals surface area contributed by atoms with Crippen molar-refractivity contribution in [1.29, 1.82) is 5.26 Å². The molecule has 0 aliphatic rings. The van der Waals surface area contributed by atoms with Crippen LogP contribution in [0.3, 0.4) is 0 Å². The van der Waals surface area contributed by atoms with E-state index in [-0.39, 0.29) is 6.04 Å². The summed E-state index contributed by atoms with van der Waals surface area (Å²) in [6.45, 7) is 15.1. The summed E-state index contributed by atoms with van der Waals surface area (Å²) in [7, 11) is 0. The van der Waals surface area contributed by atoms with Crippen molar-refractivity contribution in [3.05, 3.63) is 0 Å². The summed E-state index contributed by atoms with van der Waals surface area (Å²) in [6.07, 6.45) is 0. The molecular formula is C13H26N2. The van der Waals surface area contributed by atoms with Crippen LogP contribution in [0.4, 0.5) is 0 Å². The average molecular weight is 210 g/mol. The van der Waals surface area contributed by atoms with Gasteiger partial charge in [-0.1, -0.05) is 41.5 Å². The van der Waals surface area contributed by atoms with Crippen molar-refractivity contribution >= 4 is 0 Å². The van der Waals surface area contributed by atoms with Crippen molar-refractivity contribution < 1.29 is 0 Å². The lowest BCUT2D eigenvalue weighted by molar-refractivity contribution is 0.157. The van der Waals surface area contributed by atoms with Gasteiger partial charge in [-0.05, 0) is 17.8 Å². The molecule has 0 spiro atoms. The minimum atomic E-state index is 0.0646. The van der Waals surface area contributed by atoms with Gasteiger partial charge in [-0.15, -0.1) is 0 Å². The predicted octanol–water partition coefficient (Wildman–Crippen LogP) is 3.15. The molecule has 0 saturated carbocycles. The molecule has 0 rings (SSSR count). The molecule has 2 heteroatoms. The van der Waals surface area contributed by atoms with E-state index >= 15 is 0 Å². The van der Waals surface area contributed by atoms with Crippen LogP contribution in [0.1, 0.15) is 41.5 Å². The zero-order chi connectivity index (χ0) is 12.0. The first-order valence-electron chi connectivity index (χ1n) is 6.02. The standard InChI is InChI=1S/C13H26N2/c1-10(2)8-15(9-11(3)4)13(7-14)12(5)6/h10-13H,8-9H2,1-6H3. The second-order valence-electron chi connectivity index (χ2n) is 5.56. The van der Waals surface area contributed by atoms with Gasteiger partial charge in [0.1, 0.15) is 6.04 Å². The lowest BCUT2D eigenvalue weighted by Crippen LogP contribution is -2.42. The molecule has 1 unspecified atom stereocenters. The second kappa shape index (κ2) is 6.85. The van der Waals surface area contributed by atoms with Crippen LogP contribution in [0, 0.1) is 29.1 Å². The van der Waals surface area contributed by atoms with Gasteiger partial charge in [0.2, 0.25) is 0 Å². The summed E-state index contributed by atoms with van der Waals surface area (Å²) < 4.78 is 0. The average Bonchev–Trinajstić information content (AvgIpc) is 2.01. The van der Waals surface area contributed by atoms with E-state index in [0.717, 1.165) is 13.1 Å². The Kier molecular flexibility index (Phi) is 6.60. The van der Waals surface area contributed by atoms with E-state index in [0.29, 0.717) is 17.8 Å². The third-order valence-corrected chi connectivity index (χ3v) is 2.36. The van der Waals surface area contributed by atoms with Gasteiger partial charge in [-0.2, -0.15) is 5.26 Å². The Hall–Kier alpha value is -0.550. The van der Waals surface area contributed by atoms with Crippen molar-refractivity contribution in [2.75, 3.05) is 13.1 Å². The maximum atomic E-state index is 9.20. The second-order valence-corrected chi connectivity index (χ2v) is 5.56. The molecule has 0 fully saturated rings. The highest BCUT2D eigenvalue weighted by molar-refractivity contribution is 4.94. The Bertz CT molecular complexity index is 191. The van der Waals surface area contributed by atoms with Gasteiger partial charge < -0.3 is 0 Å². The van der Waals surface area contributed by atoms with Crippen molar-refractivity contribution in [2.45, 2.75) is 47.6 Å². The van der Waals surface area contributed by atoms with Crippen LogP contribution in [0.5, 0.6) is 0 Å². The van der Waals surface area contributed by atoms with Gasteiger partial charge in [-0.25, -0.2) is 0 Å². The number of hydrogen-bond acceptors (Lipinski definition) is 2. The van der Waals surface area contributed by atoms with Crippen LogP contribution >= 0.6 is 0 Å². The molecule has 0 aromatic heterocycles. The van der Waals surface area contributed by atoms with Gasteiger partial charge in [0.25, 0.3) is 0 Å². The highest BCUT2D eigenvalue weighted by atomic mass is 15.2. The summed E-state index contributed by atoms with van der Waals surface area (Å²) in [6, 6.07) is 2.50. The summed E-state index contributed by atoms with van der Waals surface area (Å²) in [5.41, 5.74) is 0. The molecule has 0 heterocycles. The van der Waals surface area contributed by atoms with Gasteiger partial charge in [-0.3, -0.25) is 4.90 Å². The van der Waals surface area contributed by atoms with Crippen molar-refractivity contribution in [1.82, 2.24) is 4.90 Å². The van der Waals surface area contributed by atoms with Crippen molar-refractivity contribution in [2.24, 2.45) is 17.8 Å². The van der Waals surface area contributed by atoms with E-state index in [1.54, 1.807) is 0 Å². The molecule has 2 nitrogen and oxygen atoms in total. The number of hydrogen-bond donors (Lipinski definition) is 0. The molecule has 1 atom stereocenters. The molecule has 0 radical (unpaired) electrons. The van der Waals surface area contributed by atoms with Crippen LogP contribution in [0.25, 0.3) is 0 Å². The van der Waals surface area contributed by atoms with Gasteiger partial charge in [0.05, 0.1) is 6.07 Å². The molecule has 0 amide bonds. The van der Waals surface area contributed by atoms with Crippen LogP contribution in [0.2, 0.25) is 0 Å². The van der Waals surface area contributed by atoms with Crippen LogP contribution in [0.15, 0.2) is 0 Å². The maximum Gasteiger partial charge on any atom is 0.100 e. The minimum absolute atomic E-state index is 0.0646. The van der Waals surface area contributed by atoms with E-state index in [1.165, 1.54) is 0 Å². The highest BCUT2D eigenvalue weighted by Gasteiger charge is 2.22. The van der Waals surface area contributed by atoms with Crippen LogP contribution < -0.4 is 0 Å². The zero-order valence-corrected chi connectivity index (χ0v) is 11.1. The van der Waals surface area contributed by atoms with E-state index in [4.69, 9.17) is 0 Å². The lowest BCUT2D eigenvalue weighted by Gasteiger charge is -2.32. The van der Waals surface area contributed by atoms with E-state index in [2.05, 4.69) is 52.5 Å². The van der Waals surface area contributed by atoms with Crippen molar-refractivity contribution in [3.8, 4) is 6.07 Å². The monoisotopic (exact) mass is 210 g/mol. The van der Waals surface area contributed by atoms with E-state index < -0.39 is 0 Å². The molecule has 0 aromatic carbocycles.